The van der Waals surface area contributed by atoms with Crippen LogP contribution in [0.15, 0.2) is 0 Å². The quantitative estimate of drug-likeness (QED) is 0.655. The molecule has 0 aromatic rings. The molecule has 0 spiro atoms. The van der Waals surface area contributed by atoms with E-state index in [1.54, 1.807) is 11.8 Å². The summed E-state index contributed by atoms with van der Waals surface area (Å²) < 4.78 is 23.5. The van der Waals surface area contributed by atoms with E-state index in [1.165, 1.54) is 25.5 Å². The lowest BCUT2D eigenvalue weighted by atomic mass is 10.2. The monoisotopic (exact) mass is 308 g/mol. The van der Waals surface area contributed by atoms with Gasteiger partial charge in [-0.3, -0.25) is 4.90 Å². The molecule has 0 aromatic carbocycles. The Hall–Kier alpha value is 0.220. The predicted molar refractivity (Wildman–Crippen MR) is 84.5 cm³/mol. The molecule has 1 rings (SSSR count). The average Bonchev–Trinajstić information content (AvgIpc) is 2.37. The molecule has 1 aliphatic heterocycles. The number of sulfone groups is 1. The van der Waals surface area contributed by atoms with Crippen LogP contribution in [-0.4, -0.2) is 62.6 Å². The Morgan fingerprint density at radius 1 is 1.26 bits per heavy atom. The van der Waals surface area contributed by atoms with Crippen LogP contribution in [-0.2, 0) is 9.84 Å². The number of hydrogen-bond acceptors (Lipinski definition) is 5. The van der Waals surface area contributed by atoms with Crippen molar-refractivity contribution in [3.05, 3.63) is 0 Å². The fourth-order valence-electron chi connectivity index (χ4n) is 2.36. The molecular formula is C13H28N2O2S2. The van der Waals surface area contributed by atoms with Crippen LogP contribution in [0.5, 0.6) is 0 Å². The maximum atomic E-state index is 11.7. The molecule has 1 fully saturated rings. The predicted octanol–water partition coefficient (Wildman–Crippen LogP) is 1.58. The molecule has 0 radical (unpaired) electrons. The van der Waals surface area contributed by atoms with Gasteiger partial charge in [0.2, 0.25) is 0 Å². The largest absolute Gasteiger partial charge is 0.317 e. The lowest BCUT2D eigenvalue weighted by molar-refractivity contribution is 0.264. The minimum Gasteiger partial charge on any atom is -0.317 e. The van der Waals surface area contributed by atoms with Crippen LogP contribution in [0.25, 0.3) is 0 Å². The summed E-state index contributed by atoms with van der Waals surface area (Å²) >= 11 is 1.76. The fourth-order valence-corrected chi connectivity index (χ4v) is 5.33. The van der Waals surface area contributed by atoms with Gasteiger partial charge in [-0.2, -0.15) is 11.8 Å². The summed E-state index contributed by atoms with van der Waals surface area (Å²) in [5, 5.41) is 3.07. The molecule has 4 nitrogen and oxygen atoms in total. The van der Waals surface area contributed by atoms with Crippen LogP contribution in [0.1, 0.15) is 32.6 Å². The standard InChI is InChI=1S/C13H28N2O2S2/c1-3-14-8-6-4-5-7-9-15-10-11-18-12-13(15)19(2,16)17/h13-14H,3-12H2,1-2H3. The highest BCUT2D eigenvalue weighted by Crippen LogP contribution is 2.20. The first-order valence-corrected chi connectivity index (χ1v) is 10.4. The zero-order chi connectivity index (χ0) is 14.1. The number of thioether (sulfide) groups is 1. The summed E-state index contributed by atoms with van der Waals surface area (Å²) in [5.74, 6) is 1.80. The maximum absolute atomic E-state index is 11.7. The molecular weight excluding hydrogens is 280 g/mol. The van der Waals surface area contributed by atoms with Gasteiger partial charge >= 0.3 is 0 Å². The molecule has 1 unspecified atom stereocenters. The van der Waals surface area contributed by atoms with Crippen LogP contribution >= 0.6 is 11.8 Å². The van der Waals surface area contributed by atoms with Crippen molar-refractivity contribution in [2.24, 2.45) is 0 Å². The van der Waals surface area contributed by atoms with Crippen molar-refractivity contribution in [3.63, 3.8) is 0 Å². The van der Waals surface area contributed by atoms with E-state index >= 15 is 0 Å². The van der Waals surface area contributed by atoms with Crippen LogP contribution in [0.4, 0.5) is 0 Å². The number of hydrogen-bond donors (Lipinski definition) is 1. The van der Waals surface area contributed by atoms with Crippen LogP contribution in [0, 0.1) is 0 Å². The molecule has 1 atom stereocenters. The van der Waals surface area contributed by atoms with E-state index in [0.717, 1.165) is 44.1 Å². The lowest BCUT2D eigenvalue weighted by Gasteiger charge is -2.33. The Balaban J connectivity index is 2.19. The van der Waals surface area contributed by atoms with E-state index in [-0.39, 0.29) is 5.37 Å². The van der Waals surface area contributed by atoms with Gasteiger partial charge in [-0.15, -0.1) is 0 Å². The summed E-state index contributed by atoms with van der Waals surface area (Å²) in [5.41, 5.74) is 0. The fraction of sp³-hybridized carbons (Fsp3) is 1.00. The zero-order valence-electron chi connectivity index (χ0n) is 12.2. The van der Waals surface area contributed by atoms with Gasteiger partial charge in [0.15, 0.2) is 9.84 Å². The van der Waals surface area contributed by atoms with Gasteiger partial charge in [-0.25, -0.2) is 8.42 Å². The van der Waals surface area contributed by atoms with Crippen molar-refractivity contribution in [2.75, 3.05) is 43.9 Å². The van der Waals surface area contributed by atoms with Crippen molar-refractivity contribution < 1.29 is 8.42 Å². The second-order valence-corrected chi connectivity index (χ2v) is 8.52. The molecule has 0 aliphatic carbocycles. The van der Waals surface area contributed by atoms with Gasteiger partial charge in [0.1, 0.15) is 5.37 Å². The van der Waals surface area contributed by atoms with Crippen molar-refractivity contribution in [1.82, 2.24) is 10.2 Å². The normalized spacial score (nSPS) is 21.7. The van der Waals surface area contributed by atoms with Crippen LogP contribution in [0.2, 0.25) is 0 Å². The summed E-state index contributed by atoms with van der Waals surface area (Å²) in [6.07, 6.45) is 6.14. The average molecular weight is 309 g/mol. The highest BCUT2D eigenvalue weighted by molar-refractivity contribution is 8.00. The molecule has 1 N–H and O–H groups in total. The van der Waals surface area contributed by atoms with E-state index in [1.807, 2.05) is 0 Å². The van der Waals surface area contributed by atoms with E-state index < -0.39 is 9.84 Å². The highest BCUT2D eigenvalue weighted by Gasteiger charge is 2.30. The van der Waals surface area contributed by atoms with Gasteiger partial charge < -0.3 is 5.32 Å². The minimum atomic E-state index is -2.93. The molecule has 0 saturated carbocycles. The SMILES string of the molecule is CCNCCCCCCN1CCSCC1S(C)(=O)=O. The van der Waals surface area contributed by atoms with E-state index in [9.17, 15) is 8.42 Å². The third kappa shape index (κ3) is 6.97. The first-order valence-electron chi connectivity index (χ1n) is 7.27. The second kappa shape index (κ2) is 9.21. The van der Waals surface area contributed by atoms with Gasteiger partial charge in [0, 0.05) is 24.3 Å². The molecule has 114 valence electrons. The molecule has 0 bridgehead atoms. The number of nitrogens with zero attached hydrogens (tertiary/aromatic N) is 1. The lowest BCUT2D eigenvalue weighted by Crippen LogP contribution is -2.47. The van der Waals surface area contributed by atoms with Crippen molar-refractivity contribution in [1.29, 1.82) is 0 Å². The van der Waals surface area contributed by atoms with Crippen LogP contribution < -0.4 is 5.32 Å². The molecule has 1 heterocycles. The number of nitrogens with one attached hydrogen (secondary N) is 1. The Morgan fingerprint density at radius 3 is 2.68 bits per heavy atom. The molecule has 1 saturated heterocycles. The maximum Gasteiger partial charge on any atom is 0.164 e. The first kappa shape index (κ1) is 17.3. The Bertz CT molecular complexity index is 334. The van der Waals surface area contributed by atoms with Gasteiger partial charge in [-0.05, 0) is 32.5 Å². The van der Waals surface area contributed by atoms with Gasteiger partial charge in [-0.1, -0.05) is 19.8 Å². The zero-order valence-corrected chi connectivity index (χ0v) is 13.9. The summed E-state index contributed by atoms with van der Waals surface area (Å²) in [6.45, 7) is 6.11. The first-order chi connectivity index (χ1) is 9.05. The molecule has 0 amide bonds. The third-order valence-corrected chi connectivity index (χ3v) is 6.17. The Kier molecular flexibility index (Phi) is 8.37. The van der Waals surface area contributed by atoms with E-state index in [0.29, 0.717) is 0 Å². The van der Waals surface area contributed by atoms with E-state index in [2.05, 4.69) is 17.1 Å². The summed E-state index contributed by atoms with van der Waals surface area (Å²) in [6, 6.07) is 0. The molecule has 6 heteroatoms. The Morgan fingerprint density at radius 2 is 2.00 bits per heavy atom. The second-order valence-electron chi connectivity index (χ2n) is 5.16. The number of rotatable bonds is 9. The van der Waals surface area contributed by atoms with Crippen molar-refractivity contribution in [3.8, 4) is 0 Å². The molecule has 19 heavy (non-hydrogen) atoms. The van der Waals surface area contributed by atoms with Crippen molar-refractivity contribution in [2.45, 2.75) is 38.0 Å². The van der Waals surface area contributed by atoms with Gasteiger partial charge in [0.05, 0.1) is 0 Å². The topological polar surface area (TPSA) is 49.4 Å². The van der Waals surface area contributed by atoms with Crippen molar-refractivity contribution >= 4 is 21.6 Å². The third-order valence-electron chi connectivity index (χ3n) is 3.48. The summed E-state index contributed by atoms with van der Waals surface area (Å²) in [4.78, 5) is 2.16. The molecule has 0 aromatic heterocycles. The summed E-state index contributed by atoms with van der Waals surface area (Å²) in [7, 11) is -2.93. The highest BCUT2D eigenvalue weighted by atomic mass is 32.2. The minimum absolute atomic E-state index is 0.256. The van der Waals surface area contributed by atoms with E-state index in [4.69, 9.17) is 0 Å². The van der Waals surface area contributed by atoms with Gasteiger partial charge in [0.25, 0.3) is 0 Å². The van der Waals surface area contributed by atoms with Crippen LogP contribution in [0.3, 0.4) is 0 Å². The number of unbranched alkanes of at least 4 members (excludes halogenated alkanes) is 3. The smallest absolute Gasteiger partial charge is 0.164 e. The molecule has 1 aliphatic rings. The Labute approximate surface area is 122 Å².